The highest BCUT2D eigenvalue weighted by atomic mass is 14.7. The summed E-state index contributed by atoms with van der Waals surface area (Å²) in [5.74, 6) is 0. The highest BCUT2D eigenvalue weighted by Crippen LogP contribution is 2.57. The molecule has 1 heterocycles. The van der Waals surface area contributed by atoms with E-state index in [2.05, 4.69) is 163 Å². The number of nitrogens with zero attached hydrogens (tertiary/aromatic N) is 3. The van der Waals surface area contributed by atoms with Crippen molar-refractivity contribution in [3.8, 4) is 56.6 Å². The molecule has 6 aromatic carbocycles. The molecular formula is C49H33N3. The maximum atomic E-state index is 9.47. The molecule has 0 saturated heterocycles. The van der Waals surface area contributed by atoms with Crippen LogP contribution in [-0.4, -0.2) is 4.98 Å². The predicted octanol–water partition coefficient (Wildman–Crippen LogP) is 11.8. The summed E-state index contributed by atoms with van der Waals surface area (Å²) >= 11 is 0. The zero-order valence-corrected chi connectivity index (χ0v) is 28.7. The fraction of sp³-hybridized carbons (Fsp3) is 0.0408. The van der Waals surface area contributed by atoms with Crippen LogP contribution in [0.3, 0.4) is 0 Å². The normalized spacial score (nSPS) is 12.9. The summed E-state index contributed by atoms with van der Waals surface area (Å²) in [6, 6.07) is 60.6. The van der Waals surface area contributed by atoms with Gasteiger partial charge in [0.1, 0.15) is 11.8 Å². The summed E-state index contributed by atoms with van der Waals surface area (Å²) in [5.41, 5.74) is 15.7. The van der Waals surface area contributed by atoms with Crippen molar-refractivity contribution in [3.05, 3.63) is 216 Å². The molecule has 7 aromatic rings. The van der Waals surface area contributed by atoms with E-state index in [1.165, 1.54) is 39.5 Å². The van der Waals surface area contributed by atoms with Crippen LogP contribution in [-0.2, 0) is 5.41 Å². The fourth-order valence-electron chi connectivity index (χ4n) is 7.76. The zero-order chi connectivity index (χ0) is 35.5. The molecule has 0 amide bonds. The van der Waals surface area contributed by atoms with E-state index in [1.807, 2.05) is 31.2 Å². The summed E-state index contributed by atoms with van der Waals surface area (Å²) in [7, 11) is 0. The number of nitriles is 2. The van der Waals surface area contributed by atoms with Crippen LogP contribution in [0, 0.1) is 22.7 Å². The first-order chi connectivity index (χ1) is 25.6. The van der Waals surface area contributed by atoms with Crippen LogP contribution in [0.1, 0.15) is 40.4 Å². The number of benzene rings is 6. The molecule has 3 heteroatoms. The van der Waals surface area contributed by atoms with Gasteiger partial charge in [0.25, 0.3) is 0 Å². The molecule has 1 aliphatic rings. The van der Waals surface area contributed by atoms with E-state index >= 15 is 0 Å². The maximum Gasteiger partial charge on any atom is 0.141 e. The van der Waals surface area contributed by atoms with Gasteiger partial charge in [-0.25, -0.2) is 4.98 Å². The molecule has 0 radical (unpaired) electrons. The Labute approximate surface area is 304 Å². The van der Waals surface area contributed by atoms with Gasteiger partial charge in [0.2, 0.25) is 0 Å². The summed E-state index contributed by atoms with van der Waals surface area (Å²) in [6.07, 6.45) is 7.12. The van der Waals surface area contributed by atoms with Crippen molar-refractivity contribution < 1.29 is 0 Å². The van der Waals surface area contributed by atoms with Crippen LogP contribution < -0.4 is 0 Å². The van der Waals surface area contributed by atoms with E-state index in [4.69, 9.17) is 0 Å². The molecule has 0 spiro atoms. The van der Waals surface area contributed by atoms with Crippen LogP contribution >= 0.6 is 0 Å². The van der Waals surface area contributed by atoms with Gasteiger partial charge in [-0.05, 0) is 127 Å². The molecule has 244 valence electrons. The number of pyridine rings is 1. The van der Waals surface area contributed by atoms with Crippen molar-refractivity contribution in [2.75, 3.05) is 0 Å². The highest BCUT2D eigenvalue weighted by molar-refractivity contribution is 5.91. The Bertz CT molecular complexity index is 2560. The molecule has 3 nitrogen and oxygen atoms in total. The summed E-state index contributed by atoms with van der Waals surface area (Å²) in [4.78, 5) is 4.17. The van der Waals surface area contributed by atoms with E-state index in [-0.39, 0.29) is 0 Å². The molecule has 0 fully saturated rings. The van der Waals surface area contributed by atoms with Crippen molar-refractivity contribution >= 4 is 5.57 Å². The number of allylic oxidation sites excluding steroid dienone is 4. The standard InChI is InChI=1S/C49H33N3/c1-2-34(16-11-26-50)35-12-9-13-36(28-35)39-21-23-45-46-24-22-40(37-14-10-15-38(29-37)41-25-27-52-44(30-41)33-51)32-48(46)49(47(45)31-39,42-17-5-3-6-18-42)43-19-7-4-8-20-43/h2-25,27-32H,1H3/b16-11-,34-2+. The molecule has 52 heavy (non-hydrogen) atoms. The van der Waals surface area contributed by atoms with Crippen molar-refractivity contribution in [1.82, 2.24) is 4.98 Å². The molecule has 0 saturated carbocycles. The third-order valence-corrected chi connectivity index (χ3v) is 10.1. The summed E-state index contributed by atoms with van der Waals surface area (Å²) in [6.45, 7) is 2.00. The fourth-order valence-corrected chi connectivity index (χ4v) is 7.76. The Balaban J connectivity index is 1.34. The number of aromatic nitrogens is 1. The first-order valence-corrected chi connectivity index (χ1v) is 17.3. The molecular weight excluding hydrogens is 631 g/mol. The Morgan fingerprint density at radius 3 is 1.65 bits per heavy atom. The quantitative estimate of drug-likeness (QED) is 0.126. The van der Waals surface area contributed by atoms with E-state index < -0.39 is 5.41 Å². The second-order valence-electron chi connectivity index (χ2n) is 12.9. The zero-order valence-electron chi connectivity index (χ0n) is 28.7. The Hall–Kier alpha value is -7.07. The SMILES string of the molecule is C/C=C(\C=C/C#N)c1cccc(-c2ccc3c(c2)C(c2ccccc2)(c2ccccc2)c2cc(-c4cccc(-c5ccnc(C#N)c5)c4)ccc2-3)c1. The van der Waals surface area contributed by atoms with Gasteiger partial charge in [-0.15, -0.1) is 0 Å². The van der Waals surface area contributed by atoms with Gasteiger partial charge in [-0.2, -0.15) is 10.5 Å². The van der Waals surface area contributed by atoms with E-state index in [0.29, 0.717) is 5.69 Å². The lowest BCUT2D eigenvalue weighted by atomic mass is 9.67. The summed E-state index contributed by atoms with van der Waals surface area (Å²) < 4.78 is 0. The molecule has 1 aromatic heterocycles. The van der Waals surface area contributed by atoms with E-state index in [0.717, 1.165) is 44.5 Å². The van der Waals surface area contributed by atoms with Crippen molar-refractivity contribution in [1.29, 1.82) is 10.5 Å². The minimum absolute atomic E-state index is 0.401. The minimum Gasteiger partial charge on any atom is -0.246 e. The molecule has 0 N–H and O–H groups in total. The maximum absolute atomic E-state index is 9.47. The van der Waals surface area contributed by atoms with Gasteiger partial charge < -0.3 is 0 Å². The Morgan fingerprint density at radius 1 is 0.558 bits per heavy atom. The lowest BCUT2D eigenvalue weighted by molar-refractivity contribution is 0.769. The number of hydrogen-bond acceptors (Lipinski definition) is 3. The number of hydrogen-bond donors (Lipinski definition) is 0. The van der Waals surface area contributed by atoms with Crippen molar-refractivity contribution in [3.63, 3.8) is 0 Å². The number of rotatable bonds is 7. The topological polar surface area (TPSA) is 60.5 Å². The van der Waals surface area contributed by atoms with Crippen LogP contribution in [0.25, 0.3) is 50.1 Å². The van der Waals surface area contributed by atoms with Crippen molar-refractivity contribution in [2.45, 2.75) is 12.3 Å². The van der Waals surface area contributed by atoms with Gasteiger partial charge in [-0.1, -0.05) is 127 Å². The van der Waals surface area contributed by atoms with Crippen LogP contribution in [0.2, 0.25) is 0 Å². The Kier molecular flexibility index (Phi) is 8.46. The molecule has 0 aliphatic heterocycles. The van der Waals surface area contributed by atoms with Crippen LogP contribution in [0.5, 0.6) is 0 Å². The number of fused-ring (bicyclic) bond motifs is 3. The molecule has 1 aliphatic carbocycles. The average Bonchev–Trinajstić information content (AvgIpc) is 3.51. The third-order valence-electron chi connectivity index (χ3n) is 10.1. The second kappa shape index (κ2) is 13.7. The van der Waals surface area contributed by atoms with E-state index in [1.54, 1.807) is 6.20 Å². The van der Waals surface area contributed by atoms with Crippen LogP contribution in [0.15, 0.2) is 182 Å². The van der Waals surface area contributed by atoms with Gasteiger partial charge in [0.05, 0.1) is 11.5 Å². The van der Waals surface area contributed by atoms with E-state index in [9.17, 15) is 10.5 Å². The average molecular weight is 664 g/mol. The monoisotopic (exact) mass is 663 g/mol. The third kappa shape index (κ3) is 5.52. The van der Waals surface area contributed by atoms with Crippen molar-refractivity contribution in [2.24, 2.45) is 0 Å². The molecule has 8 rings (SSSR count). The van der Waals surface area contributed by atoms with Gasteiger partial charge in [0, 0.05) is 12.3 Å². The highest BCUT2D eigenvalue weighted by Gasteiger charge is 2.46. The van der Waals surface area contributed by atoms with Gasteiger partial charge in [0.15, 0.2) is 0 Å². The molecule has 0 unspecified atom stereocenters. The summed E-state index contributed by atoms with van der Waals surface area (Å²) in [5, 5.41) is 18.6. The lowest BCUT2D eigenvalue weighted by Crippen LogP contribution is -2.28. The Morgan fingerprint density at radius 2 is 1.10 bits per heavy atom. The van der Waals surface area contributed by atoms with Crippen LogP contribution in [0.4, 0.5) is 0 Å². The smallest absolute Gasteiger partial charge is 0.141 e. The largest absolute Gasteiger partial charge is 0.246 e. The lowest BCUT2D eigenvalue weighted by Gasteiger charge is -2.34. The second-order valence-corrected chi connectivity index (χ2v) is 12.9. The predicted molar refractivity (Wildman–Crippen MR) is 211 cm³/mol. The van der Waals surface area contributed by atoms with Gasteiger partial charge in [-0.3, -0.25) is 0 Å². The minimum atomic E-state index is -0.578. The van der Waals surface area contributed by atoms with Gasteiger partial charge >= 0.3 is 0 Å². The first-order valence-electron chi connectivity index (χ1n) is 17.3. The first kappa shape index (κ1) is 32.2. The molecule has 0 bridgehead atoms. The molecule has 0 atom stereocenters.